The Morgan fingerprint density at radius 3 is 2.32 bits per heavy atom. The first kappa shape index (κ1) is 22.1. The molecule has 4 N–H and O–H groups in total. The second kappa shape index (κ2) is 10.4. The molecule has 0 spiro atoms. The molecule has 0 aliphatic carbocycles. The van der Waals surface area contributed by atoms with Gasteiger partial charge in [0.2, 0.25) is 0 Å². The van der Waals surface area contributed by atoms with E-state index >= 15 is 0 Å². The summed E-state index contributed by atoms with van der Waals surface area (Å²) in [4.78, 5) is 13.0. The van der Waals surface area contributed by atoms with Gasteiger partial charge in [0.1, 0.15) is 11.9 Å². The van der Waals surface area contributed by atoms with Crippen LogP contribution in [0.1, 0.15) is 27.6 Å². The Balaban J connectivity index is 1.92. The number of hydrogen-bond donors (Lipinski definition) is 4. The van der Waals surface area contributed by atoms with E-state index in [2.05, 4.69) is 5.32 Å². The summed E-state index contributed by atoms with van der Waals surface area (Å²) in [6.07, 6.45) is -1.16. The Bertz CT molecular complexity index is 1040. The Hall–Kier alpha value is -3.59. The summed E-state index contributed by atoms with van der Waals surface area (Å²) in [5, 5.41) is 31.9. The third-order valence-corrected chi connectivity index (χ3v) is 4.58. The van der Waals surface area contributed by atoms with Gasteiger partial charge < -0.3 is 34.8 Å². The SMILES string of the molecule is COc1ccccc1NC(=O)c1ccccc1C(O)c1ccc(OCO)c(OCO)c1. The molecule has 31 heavy (non-hydrogen) atoms. The van der Waals surface area contributed by atoms with Crippen LogP contribution in [0.4, 0.5) is 5.69 Å². The number of para-hydroxylation sites is 2. The van der Waals surface area contributed by atoms with E-state index < -0.39 is 25.6 Å². The van der Waals surface area contributed by atoms with Gasteiger partial charge in [-0.25, -0.2) is 0 Å². The van der Waals surface area contributed by atoms with Gasteiger partial charge in [-0.1, -0.05) is 36.4 Å². The van der Waals surface area contributed by atoms with E-state index in [1.807, 2.05) is 0 Å². The van der Waals surface area contributed by atoms with Crippen molar-refractivity contribution in [2.45, 2.75) is 6.10 Å². The van der Waals surface area contributed by atoms with Crippen molar-refractivity contribution in [3.8, 4) is 17.2 Å². The first-order valence-electron chi connectivity index (χ1n) is 9.41. The lowest BCUT2D eigenvalue weighted by molar-refractivity contribution is 0.0741. The molecule has 3 aromatic rings. The van der Waals surface area contributed by atoms with E-state index in [9.17, 15) is 9.90 Å². The average molecular weight is 425 g/mol. The summed E-state index contributed by atoms with van der Waals surface area (Å²) >= 11 is 0. The third-order valence-electron chi connectivity index (χ3n) is 4.58. The second-order valence-corrected chi connectivity index (χ2v) is 6.40. The summed E-state index contributed by atoms with van der Waals surface area (Å²) in [5.74, 6) is 0.448. The molecule has 1 atom stereocenters. The number of amides is 1. The zero-order valence-electron chi connectivity index (χ0n) is 16.8. The molecule has 1 amide bonds. The Morgan fingerprint density at radius 1 is 0.903 bits per heavy atom. The fourth-order valence-electron chi connectivity index (χ4n) is 3.13. The molecule has 3 rings (SSSR count). The lowest BCUT2D eigenvalue weighted by Gasteiger charge is -2.18. The molecule has 0 heterocycles. The normalized spacial score (nSPS) is 11.5. The van der Waals surface area contributed by atoms with Gasteiger partial charge in [-0.15, -0.1) is 0 Å². The van der Waals surface area contributed by atoms with Crippen LogP contribution in [0, 0.1) is 0 Å². The molecule has 0 aliphatic rings. The van der Waals surface area contributed by atoms with Crippen molar-refractivity contribution in [2.75, 3.05) is 26.0 Å². The molecular formula is C23H23NO7. The fraction of sp³-hybridized carbons (Fsp3) is 0.174. The zero-order chi connectivity index (χ0) is 22.2. The highest BCUT2D eigenvalue weighted by molar-refractivity contribution is 6.06. The van der Waals surface area contributed by atoms with Gasteiger partial charge in [-0.2, -0.15) is 0 Å². The largest absolute Gasteiger partial charge is 0.495 e. The van der Waals surface area contributed by atoms with E-state index in [1.54, 1.807) is 54.6 Å². The smallest absolute Gasteiger partial charge is 0.256 e. The van der Waals surface area contributed by atoms with Gasteiger partial charge in [-0.05, 0) is 41.5 Å². The number of hydrogen-bond acceptors (Lipinski definition) is 7. The number of rotatable bonds is 9. The molecule has 0 aliphatic heterocycles. The molecule has 8 heteroatoms. The van der Waals surface area contributed by atoms with Gasteiger partial charge in [0.25, 0.3) is 5.91 Å². The number of methoxy groups -OCH3 is 1. The standard InChI is InChI=1S/C23H23NO7/c1-29-19-9-5-4-8-18(19)24-23(28)17-7-3-2-6-16(17)22(27)15-10-11-20(30-13-25)21(12-15)31-14-26/h2-12,22,25-27H,13-14H2,1H3,(H,24,28). The summed E-state index contributed by atoms with van der Waals surface area (Å²) < 4.78 is 15.4. The van der Waals surface area contributed by atoms with Gasteiger partial charge in [0.05, 0.1) is 12.8 Å². The molecule has 0 bridgehead atoms. The lowest BCUT2D eigenvalue weighted by atomic mass is 9.96. The average Bonchev–Trinajstić information content (AvgIpc) is 2.80. The zero-order valence-corrected chi connectivity index (χ0v) is 16.8. The van der Waals surface area contributed by atoms with Crippen LogP contribution in [0.15, 0.2) is 66.7 Å². The number of anilines is 1. The highest BCUT2D eigenvalue weighted by Crippen LogP contribution is 2.34. The van der Waals surface area contributed by atoms with Gasteiger partial charge in [-0.3, -0.25) is 4.79 Å². The first-order chi connectivity index (χ1) is 15.1. The topological polar surface area (TPSA) is 117 Å². The van der Waals surface area contributed by atoms with Crippen LogP contribution in [0.2, 0.25) is 0 Å². The highest BCUT2D eigenvalue weighted by Gasteiger charge is 2.21. The third kappa shape index (κ3) is 5.13. The maximum atomic E-state index is 13.0. The summed E-state index contributed by atoms with van der Waals surface area (Å²) in [6.45, 7) is -1.19. The monoisotopic (exact) mass is 425 g/mol. The molecular weight excluding hydrogens is 402 g/mol. The number of carbonyl (C=O) groups excluding carboxylic acids is 1. The van der Waals surface area contributed by atoms with Crippen molar-refractivity contribution < 1.29 is 34.3 Å². The van der Waals surface area contributed by atoms with Crippen molar-refractivity contribution in [3.63, 3.8) is 0 Å². The van der Waals surface area contributed by atoms with E-state index in [0.717, 1.165) is 0 Å². The van der Waals surface area contributed by atoms with Crippen molar-refractivity contribution in [1.29, 1.82) is 0 Å². The Morgan fingerprint density at radius 2 is 1.58 bits per heavy atom. The number of aliphatic hydroxyl groups excluding tert-OH is 3. The number of ether oxygens (including phenoxy) is 3. The minimum absolute atomic E-state index is 0.143. The van der Waals surface area contributed by atoms with Crippen LogP contribution in [-0.2, 0) is 0 Å². The van der Waals surface area contributed by atoms with Crippen LogP contribution in [-0.4, -0.2) is 41.9 Å². The van der Waals surface area contributed by atoms with Gasteiger partial charge in [0.15, 0.2) is 25.1 Å². The van der Waals surface area contributed by atoms with Crippen molar-refractivity contribution in [2.24, 2.45) is 0 Å². The summed E-state index contributed by atoms with van der Waals surface area (Å²) in [6, 6.07) is 18.2. The van der Waals surface area contributed by atoms with Gasteiger partial charge in [0, 0.05) is 5.56 Å². The number of benzene rings is 3. The van der Waals surface area contributed by atoms with Crippen molar-refractivity contribution in [1.82, 2.24) is 0 Å². The molecule has 0 fully saturated rings. The molecule has 0 radical (unpaired) electrons. The van der Waals surface area contributed by atoms with Crippen molar-refractivity contribution in [3.05, 3.63) is 83.4 Å². The van der Waals surface area contributed by atoms with Crippen LogP contribution in [0.25, 0.3) is 0 Å². The lowest BCUT2D eigenvalue weighted by Crippen LogP contribution is -2.16. The molecule has 1 unspecified atom stereocenters. The van der Waals surface area contributed by atoms with E-state index in [4.69, 9.17) is 24.4 Å². The van der Waals surface area contributed by atoms with Crippen LogP contribution in [0.3, 0.4) is 0 Å². The second-order valence-electron chi connectivity index (χ2n) is 6.40. The first-order valence-corrected chi connectivity index (χ1v) is 9.41. The number of nitrogens with one attached hydrogen (secondary N) is 1. The maximum Gasteiger partial charge on any atom is 0.256 e. The maximum absolute atomic E-state index is 13.0. The minimum atomic E-state index is -1.16. The van der Waals surface area contributed by atoms with Crippen LogP contribution in [0.5, 0.6) is 17.2 Å². The Labute approximate surface area is 179 Å². The predicted molar refractivity (Wildman–Crippen MR) is 113 cm³/mol. The fourth-order valence-corrected chi connectivity index (χ4v) is 3.13. The Kier molecular flexibility index (Phi) is 7.45. The van der Waals surface area contributed by atoms with E-state index in [1.165, 1.54) is 19.2 Å². The molecule has 0 aromatic heterocycles. The van der Waals surface area contributed by atoms with E-state index in [0.29, 0.717) is 22.6 Å². The quantitative estimate of drug-likeness (QED) is 0.389. The summed E-state index contributed by atoms with van der Waals surface area (Å²) in [7, 11) is 1.51. The number of aliphatic hydroxyl groups is 3. The highest BCUT2D eigenvalue weighted by atomic mass is 16.6. The van der Waals surface area contributed by atoms with Gasteiger partial charge >= 0.3 is 0 Å². The molecule has 8 nitrogen and oxygen atoms in total. The molecule has 162 valence electrons. The van der Waals surface area contributed by atoms with Crippen LogP contribution >= 0.6 is 0 Å². The van der Waals surface area contributed by atoms with Crippen molar-refractivity contribution >= 4 is 11.6 Å². The minimum Gasteiger partial charge on any atom is -0.495 e. The summed E-state index contributed by atoms with van der Waals surface area (Å²) in [5.41, 5.74) is 1.57. The van der Waals surface area contributed by atoms with Crippen LogP contribution < -0.4 is 19.5 Å². The van der Waals surface area contributed by atoms with E-state index in [-0.39, 0.29) is 17.1 Å². The molecule has 0 saturated heterocycles. The molecule has 0 saturated carbocycles. The number of carbonyl (C=O) groups is 1. The predicted octanol–water partition coefficient (Wildman–Crippen LogP) is 2.69. The molecule has 3 aromatic carbocycles.